The highest BCUT2D eigenvalue weighted by molar-refractivity contribution is 8.14. The molecule has 2 N–H and O–H groups in total. The molecule has 1 aromatic carbocycles. The van der Waals surface area contributed by atoms with Gasteiger partial charge in [-0.05, 0) is 80.3 Å². The number of esters is 1. The van der Waals surface area contributed by atoms with Gasteiger partial charge < -0.3 is 33.9 Å². The van der Waals surface area contributed by atoms with E-state index in [2.05, 4.69) is 60.3 Å². The molecule has 0 spiro atoms. The van der Waals surface area contributed by atoms with E-state index < -0.39 is 53.3 Å². The van der Waals surface area contributed by atoms with Gasteiger partial charge in [0.1, 0.15) is 18.1 Å². The minimum absolute atomic E-state index is 0.120. The zero-order valence-electron chi connectivity index (χ0n) is 39.5. The molecule has 0 aliphatic carbocycles. The summed E-state index contributed by atoms with van der Waals surface area (Å²) in [7, 11) is 4.60. The number of nitrogens with zero attached hydrogens (tertiary/aromatic N) is 6. The van der Waals surface area contributed by atoms with Gasteiger partial charge in [0.2, 0.25) is 11.8 Å². The van der Waals surface area contributed by atoms with E-state index >= 15 is 0 Å². The number of hydrogen-bond acceptors (Lipinski definition) is 12. The van der Waals surface area contributed by atoms with E-state index in [1.165, 1.54) is 21.9 Å². The second-order valence-electron chi connectivity index (χ2n) is 19.1. The zero-order chi connectivity index (χ0) is 46.9. The summed E-state index contributed by atoms with van der Waals surface area (Å²) in [5, 5.41) is 6.28. The number of hydrogen-bond donors (Lipinski definition) is 2. The van der Waals surface area contributed by atoms with Gasteiger partial charge in [-0.1, -0.05) is 40.7 Å². The van der Waals surface area contributed by atoms with Gasteiger partial charge in [0.15, 0.2) is 0 Å². The number of benzene rings is 1. The number of carbonyl (C=O) groups is 5. The molecule has 4 aliphatic heterocycles. The molecule has 352 valence electrons. The number of pyridine rings is 1. The van der Waals surface area contributed by atoms with E-state index in [-0.39, 0.29) is 49.5 Å². The molecular weight excluding hydrogens is 849 g/mol. The maximum Gasteiger partial charge on any atom is 0.409 e. The molecule has 0 radical (unpaired) electrons. The molecule has 17 heteroatoms. The maximum absolute atomic E-state index is 14.6. The molecule has 7 atom stereocenters. The summed E-state index contributed by atoms with van der Waals surface area (Å²) in [5.74, 6) is -1.95. The van der Waals surface area contributed by atoms with E-state index in [0.29, 0.717) is 44.6 Å². The first-order chi connectivity index (χ1) is 31.0. The van der Waals surface area contributed by atoms with Gasteiger partial charge in [-0.2, -0.15) is 0 Å². The molecule has 2 fully saturated rings. The first kappa shape index (κ1) is 47.9. The first-order valence-corrected chi connectivity index (χ1v) is 23.9. The summed E-state index contributed by atoms with van der Waals surface area (Å²) in [4.78, 5) is 82.4. The molecule has 2 aromatic heterocycles. The van der Waals surface area contributed by atoms with E-state index in [9.17, 15) is 24.0 Å². The Morgan fingerprint density at radius 1 is 1.12 bits per heavy atom. The number of ether oxygens (including phenoxy) is 3. The van der Waals surface area contributed by atoms with Crippen LogP contribution in [0.4, 0.5) is 4.79 Å². The third-order valence-corrected chi connectivity index (χ3v) is 14.5. The van der Waals surface area contributed by atoms with E-state index in [1.807, 2.05) is 33.8 Å². The number of methoxy groups -OCH3 is 2. The van der Waals surface area contributed by atoms with Gasteiger partial charge in [0.25, 0.3) is 5.91 Å². The van der Waals surface area contributed by atoms with Crippen molar-refractivity contribution in [1.29, 1.82) is 0 Å². The van der Waals surface area contributed by atoms with Gasteiger partial charge in [0, 0.05) is 80.6 Å². The van der Waals surface area contributed by atoms with Crippen LogP contribution in [-0.2, 0) is 46.4 Å². The number of nitrogens with one attached hydrogen (secondary N) is 2. The number of aryl methyl sites for hydroxylation is 1. The Balaban J connectivity index is 1.25. The summed E-state index contributed by atoms with van der Waals surface area (Å²) in [6, 6.07) is 7.62. The Bertz CT molecular complexity index is 2330. The van der Waals surface area contributed by atoms with Crippen LogP contribution in [0, 0.1) is 23.2 Å². The van der Waals surface area contributed by atoms with Crippen LogP contribution in [0.5, 0.6) is 0 Å². The third kappa shape index (κ3) is 9.92. The predicted octanol–water partition coefficient (Wildman–Crippen LogP) is 5.93. The summed E-state index contributed by atoms with van der Waals surface area (Å²) in [5.41, 5.74) is 8.76. The number of likely N-dealkylation sites (N-methyl/N-ethyl adjacent to an activating group) is 1. The largest absolute Gasteiger partial charge is 0.464 e. The number of aromatic nitrogens is 2. The molecule has 6 heterocycles. The lowest BCUT2D eigenvalue weighted by Gasteiger charge is -2.37. The number of amides is 4. The Hall–Kier alpha value is -5.00. The summed E-state index contributed by atoms with van der Waals surface area (Å²) >= 11 is 1.56. The Labute approximate surface area is 386 Å². The van der Waals surface area contributed by atoms with Crippen LogP contribution >= 0.6 is 11.8 Å². The first-order valence-electron chi connectivity index (χ1n) is 22.9. The lowest BCUT2D eigenvalue weighted by Crippen LogP contribution is -2.62. The Morgan fingerprint density at radius 2 is 1.89 bits per heavy atom. The average molecular weight is 915 g/mol. The van der Waals surface area contributed by atoms with Crippen molar-refractivity contribution in [3.8, 4) is 11.3 Å². The molecule has 0 saturated carbocycles. The molecule has 4 amide bonds. The van der Waals surface area contributed by atoms with Gasteiger partial charge in [-0.3, -0.25) is 34.2 Å². The van der Waals surface area contributed by atoms with Crippen LogP contribution in [-0.4, -0.2) is 131 Å². The van der Waals surface area contributed by atoms with Crippen molar-refractivity contribution in [3.05, 3.63) is 53.3 Å². The average Bonchev–Trinajstić information content (AvgIpc) is 4.01. The van der Waals surface area contributed by atoms with E-state index in [0.717, 1.165) is 44.0 Å². The number of carbonyl (C=O) groups excluding carboxylic acids is 5. The fourth-order valence-electron chi connectivity index (χ4n) is 9.95. The fourth-order valence-corrected chi connectivity index (χ4v) is 11.0. The van der Waals surface area contributed by atoms with Crippen molar-refractivity contribution in [2.24, 2.45) is 28.2 Å². The molecule has 1 unspecified atom stereocenters. The highest BCUT2D eigenvalue weighted by atomic mass is 32.2. The van der Waals surface area contributed by atoms with Gasteiger partial charge in [-0.15, -0.1) is 11.8 Å². The topological polar surface area (TPSA) is 177 Å². The van der Waals surface area contributed by atoms with Crippen molar-refractivity contribution in [2.45, 2.75) is 111 Å². The molecule has 7 rings (SSSR count). The third-order valence-electron chi connectivity index (χ3n) is 13.5. The molecular formula is C48H66N8O8S. The van der Waals surface area contributed by atoms with Crippen LogP contribution in [0.15, 0.2) is 41.5 Å². The Kier molecular flexibility index (Phi) is 14.6. The number of aliphatic imine (C=N–C) groups is 1. The summed E-state index contributed by atoms with van der Waals surface area (Å²) in [6.07, 6.45) is 2.77. The molecule has 4 aliphatic rings. The normalized spacial score (nSPS) is 24.6. The fraction of sp³-hybridized carbons (Fsp3) is 0.604. The number of hydrazine groups is 1. The lowest BCUT2D eigenvalue weighted by molar-refractivity contribution is -0.155. The van der Waals surface area contributed by atoms with Crippen LogP contribution in [0.1, 0.15) is 96.7 Å². The minimum atomic E-state index is -1.06. The van der Waals surface area contributed by atoms with E-state index in [1.54, 1.807) is 32.1 Å². The standard InChI is InChI=1S/C48H66N8O8S/c1-11-55-38-17-16-30-20-32(38)33(42(55)31-14-12-18-49-40(31)29(5)62-9)22-48(6,7)26-64-46(60)35-15-13-19-56(52-35)45(59)36(21-39-50-37(30)25-65-39)51-43(57)41(27(2)3)53(8)44(58)34-24-54(23-28(34)4)47(61)63-10/h12,14,16-18,20,27-29,34-37,41,52H,11,13,15,19,21-26H2,1-10H3,(H,51,57)/t28-,29-,34+,35-,36-,37?,41-/m0/s1. The predicted molar refractivity (Wildman–Crippen MR) is 250 cm³/mol. The van der Waals surface area contributed by atoms with Crippen LogP contribution in [0.3, 0.4) is 0 Å². The van der Waals surface area contributed by atoms with Gasteiger partial charge in [-0.25, -0.2) is 10.2 Å². The molecule has 6 bridgehead atoms. The van der Waals surface area contributed by atoms with Crippen LogP contribution in [0.25, 0.3) is 22.2 Å². The number of likely N-dealkylation sites (tertiary alicyclic amines) is 1. The van der Waals surface area contributed by atoms with Crippen molar-refractivity contribution >= 4 is 57.5 Å². The highest BCUT2D eigenvalue weighted by Gasteiger charge is 2.43. The smallest absolute Gasteiger partial charge is 0.409 e. The number of thioether (sulfide) groups is 1. The van der Waals surface area contributed by atoms with Crippen molar-refractivity contribution < 1.29 is 38.2 Å². The second-order valence-corrected chi connectivity index (χ2v) is 20.2. The number of fused-ring (bicyclic) bond motifs is 5. The van der Waals surface area contributed by atoms with Crippen molar-refractivity contribution in [3.63, 3.8) is 0 Å². The molecule has 3 aromatic rings. The monoisotopic (exact) mass is 914 g/mol. The summed E-state index contributed by atoms with van der Waals surface area (Å²) < 4.78 is 19.2. The van der Waals surface area contributed by atoms with E-state index in [4.69, 9.17) is 24.2 Å². The quantitative estimate of drug-likeness (QED) is 0.244. The van der Waals surface area contributed by atoms with Crippen molar-refractivity contribution in [2.75, 3.05) is 53.3 Å². The van der Waals surface area contributed by atoms with Gasteiger partial charge in [0.05, 0.1) is 48.2 Å². The van der Waals surface area contributed by atoms with Crippen LogP contribution in [0.2, 0.25) is 0 Å². The zero-order valence-corrected chi connectivity index (χ0v) is 40.3. The molecule has 65 heavy (non-hydrogen) atoms. The molecule has 16 nitrogen and oxygen atoms in total. The lowest BCUT2D eigenvalue weighted by atomic mass is 9.84. The number of rotatable bonds is 9. The summed E-state index contributed by atoms with van der Waals surface area (Å²) in [6.45, 7) is 15.7. The number of cyclic esters (lactones) is 1. The second kappa shape index (κ2) is 19.8. The highest BCUT2D eigenvalue weighted by Crippen LogP contribution is 2.43. The minimum Gasteiger partial charge on any atom is -0.464 e. The SMILES string of the molecule is CCn1c(-c2cccnc2[C@H](C)OC)c2c3cc(ccc31)C1CSC(=N1)C[C@H](NC(=O)[C@H](C(C)C)N(C)C(=O)[C@@H]1CN(C(=O)OC)C[C@@H]1C)C(=O)N1CCC[C@H](N1)C(=O)OCC(C)(C)C2. The van der Waals surface area contributed by atoms with Crippen molar-refractivity contribution in [1.82, 2.24) is 35.1 Å². The maximum atomic E-state index is 14.6. The van der Waals surface area contributed by atoms with Crippen LogP contribution < -0.4 is 10.7 Å². The molecule has 2 saturated heterocycles. The Morgan fingerprint density at radius 3 is 2.60 bits per heavy atom. The van der Waals surface area contributed by atoms with Gasteiger partial charge >= 0.3 is 12.1 Å².